The summed E-state index contributed by atoms with van der Waals surface area (Å²) in [6, 6.07) is 3.19. The number of nitrogen functional groups attached to an aromatic ring is 1. The molecule has 0 unspecified atom stereocenters. The zero-order chi connectivity index (χ0) is 11.5. The minimum absolute atomic E-state index is 0.0882. The third-order valence-electron chi connectivity index (χ3n) is 1.94. The van der Waals surface area contributed by atoms with E-state index in [1.54, 1.807) is 19.2 Å². The highest BCUT2D eigenvalue weighted by Crippen LogP contribution is 2.21. The van der Waals surface area contributed by atoms with Gasteiger partial charge in [-0.3, -0.25) is 0 Å². The van der Waals surface area contributed by atoms with Crippen LogP contribution in [0.25, 0.3) is 0 Å². The van der Waals surface area contributed by atoms with Gasteiger partial charge < -0.3 is 10.6 Å². The third-order valence-corrected chi connectivity index (χ3v) is 1.94. The maximum absolute atomic E-state index is 11.9. The van der Waals surface area contributed by atoms with Crippen molar-refractivity contribution in [2.75, 3.05) is 24.2 Å². The molecule has 6 heteroatoms. The van der Waals surface area contributed by atoms with Gasteiger partial charge in [0.05, 0.1) is 18.3 Å². The van der Waals surface area contributed by atoms with Gasteiger partial charge in [0, 0.05) is 13.6 Å². The molecule has 0 atom stereocenters. The zero-order valence-corrected chi connectivity index (χ0v) is 8.25. The van der Waals surface area contributed by atoms with Crippen molar-refractivity contribution in [3.05, 3.63) is 18.3 Å². The molecule has 0 aliphatic carbocycles. The van der Waals surface area contributed by atoms with E-state index in [0.29, 0.717) is 11.5 Å². The van der Waals surface area contributed by atoms with E-state index in [0.717, 1.165) is 0 Å². The summed E-state index contributed by atoms with van der Waals surface area (Å²) in [4.78, 5) is 5.29. The molecule has 1 heterocycles. The smallest absolute Gasteiger partial charge is 0.384 e. The summed E-state index contributed by atoms with van der Waals surface area (Å²) in [7, 11) is 1.58. The van der Waals surface area contributed by atoms with Crippen molar-refractivity contribution in [2.24, 2.45) is 0 Å². The van der Waals surface area contributed by atoms with Crippen LogP contribution in [0.15, 0.2) is 18.3 Å². The van der Waals surface area contributed by atoms with Crippen LogP contribution in [0, 0.1) is 0 Å². The Bertz CT molecular complexity index is 307. The maximum atomic E-state index is 11.9. The molecule has 84 valence electrons. The van der Waals surface area contributed by atoms with Crippen molar-refractivity contribution in [1.82, 2.24) is 4.98 Å². The molecule has 0 radical (unpaired) electrons. The molecular formula is C9H12F3N3. The molecule has 1 aromatic rings. The van der Waals surface area contributed by atoms with Crippen molar-refractivity contribution in [3.63, 3.8) is 0 Å². The average Bonchev–Trinajstić information content (AvgIpc) is 2.14. The van der Waals surface area contributed by atoms with E-state index in [2.05, 4.69) is 4.98 Å². The first kappa shape index (κ1) is 11.6. The lowest BCUT2D eigenvalue weighted by atomic mass is 10.3. The fourth-order valence-corrected chi connectivity index (χ4v) is 1.05. The number of anilines is 2. The van der Waals surface area contributed by atoms with Gasteiger partial charge in [-0.25, -0.2) is 4.98 Å². The molecule has 0 bridgehead atoms. The summed E-state index contributed by atoms with van der Waals surface area (Å²) in [6.07, 6.45) is -3.52. The highest BCUT2D eigenvalue weighted by Gasteiger charge is 2.27. The average molecular weight is 219 g/mol. The van der Waals surface area contributed by atoms with Crippen LogP contribution in [0.2, 0.25) is 0 Å². The molecular weight excluding hydrogens is 207 g/mol. The summed E-state index contributed by atoms with van der Waals surface area (Å²) in [5.41, 5.74) is 5.98. The summed E-state index contributed by atoms with van der Waals surface area (Å²) >= 11 is 0. The van der Waals surface area contributed by atoms with E-state index in [-0.39, 0.29) is 6.54 Å². The number of hydrogen-bond donors (Lipinski definition) is 1. The number of rotatable bonds is 3. The van der Waals surface area contributed by atoms with Crippen LogP contribution in [0.3, 0.4) is 0 Å². The Morgan fingerprint density at radius 3 is 2.53 bits per heavy atom. The quantitative estimate of drug-likeness (QED) is 0.846. The summed E-state index contributed by atoms with van der Waals surface area (Å²) in [5.74, 6) is 0.350. The van der Waals surface area contributed by atoms with E-state index in [1.165, 1.54) is 11.1 Å². The lowest BCUT2D eigenvalue weighted by molar-refractivity contribution is -0.132. The monoisotopic (exact) mass is 219 g/mol. The Labute approximate surface area is 85.7 Å². The van der Waals surface area contributed by atoms with Crippen molar-refractivity contribution in [2.45, 2.75) is 12.6 Å². The van der Waals surface area contributed by atoms with Gasteiger partial charge in [-0.05, 0) is 12.1 Å². The van der Waals surface area contributed by atoms with Crippen molar-refractivity contribution in [1.29, 1.82) is 0 Å². The molecule has 15 heavy (non-hydrogen) atoms. The molecule has 0 aromatic carbocycles. The second kappa shape index (κ2) is 4.37. The van der Waals surface area contributed by atoms with Crippen LogP contribution in [0.1, 0.15) is 6.42 Å². The summed E-state index contributed by atoms with van der Waals surface area (Å²) in [5, 5.41) is 0. The van der Waals surface area contributed by atoms with Gasteiger partial charge in [0.2, 0.25) is 0 Å². The van der Waals surface area contributed by atoms with E-state index < -0.39 is 12.6 Å². The molecule has 0 amide bonds. The first-order chi connectivity index (χ1) is 6.88. The number of nitrogens with zero attached hydrogens (tertiary/aromatic N) is 2. The Kier molecular flexibility index (Phi) is 3.39. The first-order valence-corrected chi connectivity index (χ1v) is 4.38. The van der Waals surface area contributed by atoms with Crippen LogP contribution in [0.5, 0.6) is 0 Å². The fraction of sp³-hybridized carbons (Fsp3) is 0.444. The molecule has 0 saturated heterocycles. The van der Waals surface area contributed by atoms with Gasteiger partial charge in [0.25, 0.3) is 0 Å². The van der Waals surface area contributed by atoms with E-state index in [4.69, 9.17) is 5.73 Å². The molecule has 0 aliphatic rings. The van der Waals surface area contributed by atoms with Crippen molar-refractivity contribution >= 4 is 11.5 Å². The van der Waals surface area contributed by atoms with Gasteiger partial charge >= 0.3 is 6.18 Å². The Morgan fingerprint density at radius 1 is 1.40 bits per heavy atom. The minimum atomic E-state index is -4.13. The predicted molar refractivity (Wildman–Crippen MR) is 52.6 cm³/mol. The molecule has 0 spiro atoms. The Balaban J connectivity index is 2.54. The van der Waals surface area contributed by atoms with Crippen LogP contribution < -0.4 is 10.6 Å². The summed E-state index contributed by atoms with van der Waals surface area (Å²) < 4.78 is 35.8. The first-order valence-electron chi connectivity index (χ1n) is 4.38. The van der Waals surface area contributed by atoms with Crippen LogP contribution in [-0.4, -0.2) is 24.8 Å². The number of pyridine rings is 1. The van der Waals surface area contributed by atoms with Gasteiger partial charge in [-0.1, -0.05) is 0 Å². The maximum Gasteiger partial charge on any atom is 0.390 e. The number of alkyl halides is 3. The lowest BCUT2D eigenvalue weighted by Crippen LogP contribution is -2.24. The van der Waals surface area contributed by atoms with Crippen LogP contribution >= 0.6 is 0 Å². The molecule has 3 nitrogen and oxygen atoms in total. The highest BCUT2D eigenvalue weighted by atomic mass is 19.4. The van der Waals surface area contributed by atoms with Gasteiger partial charge in [-0.2, -0.15) is 13.2 Å². The van der Waals surface area contributed by atoms with E-state index in [1.807, 2.05) is 0 Å². The van der Waals surface area contributed by atoms with Crippen molar-refractivity contribution in [3.8, 4) is 0 Å². The van der Waals surface area contributed by atoms with Gasteiger partial charge in [0.15, 0.2) is 0 Å². The molecule has 0 saturated carbocycles. The number of halogens is 3. The number of aromatic nitrogens is 1. The highest BCUT2D eigenvalue weighted by molar-refractivity contribution is 5.47. The molecule has 0 fully saturated rings. The number of hydrogen-bond acceptors (Lipinski definition) is 3. The second-order valence-corrected chi connectivity index (χ2v) is 3.23. The lowest BCUT2D eigenvalue weighted by Gasteiger charge is -2.19. The SMILES string of the molecule is CN(CCC(F)(F)F)c1ccc(N)nc1. The normalized spacial score (nSPS) is 11.5. The Hall–Kier alpha value is -1.46. The third kappa shape index (κ3) is 4.05. The van der Waals surface area contributed by atoms with Crippen molar-refractivity contribution < 1.29 is 13.2 Å². The predicted octanol–water partition coefficient (Wildman–Crippen LogP) is 2.05. The molecule has 1 aromatic heterocycles. The van der Waals surface area contributed by atoms with E-state index >= 15 is 0 Å². The largest absolute Gasteiger partial charge is 0.390 e. The standard InChI is InChI=1S/C9H12F3N3/c1-15(5-4-9(10,11)12)7-2-3-8(13)14-6-7/h2-3,6H,4-5H2,1H3,(H2,13,14). The van der Waals surface area contributed by atoms with Gasteiger partial charge in [0.1, 0.15) is 5.82 Å². The fourth-order valence-electron chi connectivity index (χ4n) is 1.05. The topological polar surface area (TPSA) is 42.1 Å². The number of nitrogens with two attached hydrogens (primary N) is 1. The minimum Gasteiger partial charge on any atom is -0.384 e. The van der Waals surface area contributed by atoms with Gasteiger partial charge in [-0.15, -0.1) is 0 Å². The summed E-state index contributed by atoms with van der Waals surface area (Å²) in [6.45, 7) is -0.0882. The van der Waals surface area contributed by atoms with Crippen LogP contribution in [-0.2, 0) is 0 Å². The second-order valence-electron chi connectivity index (χ2n) is 3.23. The van der Waals surface area contributed by atoms with E-state index in [9.17, 15) is 13.2 Å². The van der Waals surface area contributed by atoms with Crippen LogP contribution in [0.4, 0.5) is 24.7 Å². The Morgan fingerprint density at radius 2 is 2.07 bits per heavy atom. The molecule has 2 N–H and O–H groups in total. The molecule has 0 aliphatic heterocycles. The molecule has 1 rings (SSSR count). The zero-order valence-electron chi connectivity index (χ0n) is 8.25.